The van der Waals surface area contributed by atoms with E-state index in [-0.39, 0.29) is 0 Å². The molecule has 0 unspecified atom stereocenters. The van der Waals surface area contributed by atoms with Crippen LogP contribution in [-0.2, 0) is 6.42 Å². The van der Waals surface area contributed by atoms with Crippen LogP contribution in [0.5, 0.6) is 0 Å². The third-order valence-electron chi connectivity index (χ3n) is 4.64. The molecule has 1 aromatic carbocycles. The lowest BCUT2D eigenvalue weighted by atomic mass is 9.97. The highest BCUT2D eigenvalue weighted by Gasteiger charge is 2.07. The van der Waals surface area contributed by atoms with Crippen LogP contribution >= 0.6 is 0 Å². The second-order valence-corrected chi connectivity index (χ2v) is 6.64. The topological polar surface area (TPSA) is 49.8 Å². The van der Waals surface area contributed by atoms with Gasteiger partial charge in [0.05, 0.1) is 0 Å². The summed E-state index contributed by atoms with van der Waals surface area (Å²) in [4.78, 5) is 9.16. The Labute approximate surface area is 150 Å². The zero-order chi connectivity index (χ0) is 17.5. The van der Waals surface area contributed by atoms with E-state index in [0.717, 1.165) is 36.6 Å². The van der Waals surface area contributed by atoms with Gasteiger partial charge in [-0.15, -0.1) is 0 Å². The summed E-state index contributed by atoms with van der Waals surface area (Å²) in [5.41, 5.74) is 4.89. The number of hydrogen-bond acceptors (Lipinski definition) is 4. The van der Waals surface area contributed by atoms with Crippen LogP contribution in [0, 0.1) is 6.92 Å². The molecule has 25 heavy (non-hydrogen) atoms. The Morgan fingerprint density at radius 2 is 2.00 bits per heavy atom. The molecule has 0 amide bonds. The number of nitrogens with one attached hydrogen (secondary N) is 2. The van der Waals surface area contributed by atoms with Crippen molar-refractivity contribution in [3.63, 3.8) is 0 Å². The van der Waals surface area contributed by atoms with Crippen LogP contribution in [0.25, 0.3) is 0 Å². The van der Waals surface area contributed by atoms with Crippen molar-refractivity contribution in [2.45, 2.75) is 52.4 Å². The van der Waals surface area contributed by atoms with Crippen molar-refractivity contribution in [1.82, 2.24) is 9.97 Å². The molecule has 2 N–H and O–H groups in total. The normalized spacial score (nSPS) is 14.1. The van der Waals surface area contributed by atoms with Crippen molar-refractivity contribution in [2.75, 3.05) is 17.2 Å². The Balaban J connectivity index is 1.64. The fourth-order valence-corrected chi connectivity index (χ4v) is 3.27. The largest absolute Gasteiger partial charge is 0.370 e. The van der Waals surface area contributed by atoms with Gasteiger partial charge in [0.25, 0.3) is 0 Å². The van der Waals surface area contributed by atoms with E-state index in [9.17, 15) is 0 Å². The molecule has 4 heteroatoms. The quantitative estimate of drug-likeness (QED) is 0.665. The van der Waals surface area contributed by atoms with Gasteiger partial charge < -0.3 is 10.6 Å². The molecule has 0 bridgehead atoms. The standard InChI is InChI=1S/C21H28N4/c1-3-18-11-7-8-12-19(18)24-21-23-16(2)15-20(25-21)22-14-13-17-9-5-4-6-10-17/h7-9,11-12,15H,3-6,10,13-14H2,1-2H3,(H2,22,23,24,25). The summed E-state index contributed by atoms with van der Waals surface area (Å²) in [6, 6.07) is 10.3. The maximum Gasteiger partial charge on any atom is 0.229 e. The van der Waals surface area contributed by atoms with Gasteiger partial charge in [0.2, 0.25) is 5.95 Å². The van der Waals surface area contributed by atoms with E-state index in [0.29, 0.717) is 5.95 Å². The number of rotatable bonds is 7. The van der Waals surface area contributed by atoms with Gasteiger partial charge in [-0.3, -0.25) is 0 Å². The lowest BCUT2D eigenvalue weighted by Crippen LogP contribution is -2.08. The lowest BCUT2D eigenvalue weighted by Gasteiger charge is -2.14. The monoisotopic (exact) mass is 336 g/mol. The minimum atomic E-state index is 0.653. The van der Waals surface area contributed by atoms with E-state index < -0.39 is 0 Å². The SMILES string of the molecule is CCc1ccccc1Nc1nc(C)cc(NCCC2=CCCCC2)n1. The maximum absolute atomic E-state index is 4.63. The van der Waals surface area contributed by atoms with E-state index >= 15 is 0 Å². The van der Waals surface area contributed by atoms with E-state index in [4.69, 9.17) is 0 Å². The molecule has 4 nitrogen and oxygen atoms in total. The van der Waals surface area contributed by atoms with Gasteiger partial charge >= 0.3 is 0 Å². The molecular weight excluding hydrogens is 308 g/mol. The van der Waals surface area contributed by atoms with Gasteiger partial charge in [-0.2, -0.15) is 4.98 Å². The summed E-state index contributed by atoms with van der Waals surface area (Å²) in [7, 11) is 0. The predicted octanol–water partition coefficient (Wildman–Crippen LogP) is 5.39. The fourth-order valence-electron chi connectivity index (χ4n) is 3.27. The van der Waals surface area contributed by atoms with Crippen LogP contribution in [0.4, 0.5) is 17.5 Å². The molecule has 1 aliphatic rings. The third-order valence-corrected chi connectivity index (χ3v) is 4.64. The smallest absolute Gasteiger partial charge is 0.229 e. The zero-order valence-corrected chi connectivity index (χ0v) is 15.3. The molecule has 1 aromatic heterocycles. The molecular formula is C21H28N4. The van der Waals surface area contributed by atoms with Gasteiger partial charge in [-0.25, -0.2) is 4.98 Å². The molecule has 0 radical (unpaired) electrons. The molecule has 2 aromatic rings. The number of anilines is 3. The first-order valence-corrected chi connectivity index (χ1v) is 9.37. The molecule has 0 fully saturated rings. The Hall–Kier alpha value is -2.36. The molecule has 0 saturated carbocycles. The third kappa shape index (κ3) is 5.05. The Morgan fingerprint density at radius 1 is 1.12 bits per heavy atom. The first kappa shape index (κ1) is 17.5. The van der Waals surface area contributed by atoms with Gasteiger partial charge in [0.15, 0.2) is 0 Å². The molecule has 132 valence electrons. The summed E-state index contributed by atoms with van der Waals surface area (Å²) in [5, 5.41) is 6.83. The van der Waals surface area contributed by atoms with Gasteiger partial charge in [-0.05, 0) is 57.1 Å². The molecule has 3 rings (SSSR count). The summed E-state index contributed by atoms with van der Waals surface area (Å²) >= 11 is 0. The van der Waals surface area contributed by atoms with Crippen molar-refractivity contribution in [3.05, 3.63) is 53.2 Å². The van der Waals surface area contributed by atoms with E-state index in [1.54, 1.807) is 5.57 Å². The summed E-state index contributed by atoms with van der Waals surface area (Å²) < 4.78 is 0. The van der Waals surface area contributed by atoms with Crippen LogP contribution in [0.15, 0.2) is 42.0 Å². The van der Waals surface area contributed by atoms with Crippen molar-refractivity contribution < 1.29 is 0 Å². The van der Waals surface area contributed by atoms with Gasteiger partial charge in [0, 0.05) is 24.0 Å². The molecule has 0 aliphatic heterocycles. The molecule has 1 aliphatic carbocycles. The number of aromatic nitrogens is 2. The Kier molecular flexibility index (Phi) is 6.04. The fraction of sp³-hybridized carbons (Fsp3) is 0.429. The summed E-state index contributed by atoms with van der Waals surface area (Å²) in [5.74, 6) is 1.54. The highest BCUT2D eigenvalue weighted by Crippen LogP contribution is 2.22. The second-order valence-electron chi connectivity index (χ2n) is 6.64. The number of aryl methyl sites for hydroxylation is 2. The average Bonchev–Trinajstić information content (AvgIpc) is 2.63. The Morgan fingerprint density at radius 3 is 2.80 bits per heavy atom. The van der Waals surface area contributed by atoms with Crippen LogP contribution in [0.2, 0.25) is 0 Å². The lowest BCUT2D eigenvalue weighted by molar-refractivity contribution is 0.679. The van der Waals surface area contributed by atoms with E-state index in [1.807, 2.05) is 19.1 Å². The maximum atomic E-state index is 4.63. The first-order valence-electron chi connectivity index (χ1n) is 9.37. The van der Waals surface area contributed by atoms with Crippen LogP contribution in [0.1, 0.15) is 50.3 Å². The van der Waals surface area contributed by atoms with Crippen LogP contribution < -0.4 is 10.6 Å². The Bertz CT molecular complexity index is 736. The van der Waals surface area contributed by atoms with Crippen LogP contribution in [-0.4, -0.2) is 16.5 Å². The van der Waals surface area contributed by atoms with Gasteiger partial charge in [0.1, 0.15) is 5.82 Å². The van der Waals surface area contributed by atoms with Gasteiger partial charge in [-0.1, -0.05) is 36.8 Å². The molecule has 0 atom stereocenters. The number of benzene rings is 1. The summed E-state index contributed by atoms with van der Waals surface area (Å²) in [6.45, 7) is 5.09. The summed E-state index contributed by atoms with van der Waals surface area (Å²) in [6.07, 6.45) is 9.67. The highest BCUT2D eigenvalue weighted by atomic mass is 15.1. The second kappa shape index (κ2) is 8.65. The first-order chi connectivity index (χ1) is 12.2. The molecule has 1 heterocycles. The van der Waals surface area contributed by atoms with Crippen molar-refractivity contribution in [3.8, 4) is 0 Å². The van der Waals surface area contributed by atoms with Crippen LogP contribution in [0.3, 0.4) is 0 Å². The number of nitrogens with zero attached hydrogens (tertiary/aromatic N) is 2. The van der Waals surface area contributed by atoms with E-state index in [1.165, 1.54) is 31.2 Å². The number of hydrogen-bond donors (Lipinski definition) is 2. The minimum Gasteiger partial charge on any atom is -0.370 e. The van der Waals surface area contributed by atoms with E-state index in [2.05, 4.69) is 51.8 Å². The van der Waals surface area contributed by atoms with Crippen molar-refractivity contribution >= 4 is 17.5 Å². The minimum absolute atomic E-state index is 0.653. The highest BCUT2D eigenvalue weighted by molar-refractivity contribution is 5.59. The number of para-hydroxylation sites is 1. The van der Waals surface area contributed by atoms with Crippen molar-refractivity contribution in [2.24, 2.45) is 0 Å². The number of allylic oxidation sites excluding steroid dienone is 1. The molecule has 0 spiro atoms. The van der Waals surface area contributed by atoms with Crippen molar-refractivity contribution in [1.29, 1.82) is 0 Å². The molecule has 0 saturated heterocycles. The zero-order valence-electron chi connectivity index (χ0n) is 15.3. The average molecular weight is 336 g/mol. The predicted molar refractivity (Wildman–Crippen MR) is 106 cm³/mol.